The zero-order valence-electron chi connectivity index (χ0n) is 18.0. The summed E-state index contributed by atoms with van der Waals surface area (Å²) in [5.74, 6) is 0.964. The molecule has 31 heavy (non-hydrogen) atoms. The maximum Gasteiger partial charge on any atom is 0.320 e. The lowest BCUT2D eigenvalue weighted by Gasteiger charge is -2.40. The average molecular weight is 438 g/mol. The molecule has 0 saturated carbocycles. The topological polar surface area (TPSA) is 79.4 Å². The van der Waals surface area contributed by atoms with E-state index in [0.29, 0.717) is 0 Å². The van der Waals surface area contributed by atoms with E-state index in [4.69, 9.17) is 4.74 Å². The van der Waals surface area contributed by atoms with Gasteiger partial charge in [0, 0.05) is 42.6 Å². The zero-order valence-corrected chi connectivity index (χ0v) is 18.8. The van der Waals surface area contributed by atoms with Crippen LogP contribution in [0.25, 0.3) is 0 Å². The van der Waals surface area contributed by atoms with Gasteiger partial charge in [0.1, 0.15) is 10.8 Å². The molecular formula is C23H27N5O2S. The van der Waals surface area contributed by atoms with E-state index >= 15 is 0 Å². The molecule has 0 spiro atoms. The Morgan fingerprint density at radius 1 is 1.16 bits per heavy atom. The number of carbonyl (C=O) groups is 1. The number of carbonyl (C=O) groups excluding carboxylic acids is 1. The van der Waals surface area contributed by atoms with Crippen LogP contribution in [0.3, 0.4) is 0 Å². The van der Waals surface area contributed by atoms with E-state index in [1.54, 1.807) is 7.11 Å². The third kappa shape index (κ3) is 5.14. The summed E-state index contributed by atoms with van der Waals surface area (Å²) in [4.78, 5) is 19.4. The minimum absolute atomic E-state index is 0.0154. The van der Waals surface area contributed by atoms with Gasteiger partial charge >= 0.3 is 6.03 Å². The molecule has 2 amide bonds. The Bertz CT molecular complexity index is 1040. The van der Waals surface area contributed by atoms with Crippen LogP contribution in [0, 0.1) is 13.8 Å². The van der Waals surface area contributed by atoms with Crippen molar-refractivity contribution in [2.75, 3.05) is 30.4 Å². The molecule has 1 aliphatic rings. The Kier molecular flexibility index (Phi) is 6.36. The first-order valence-electron chi connectivity index (χ1n) is 10.3. The van der Waals surface area contributed by atoms with Crippen LogP contribution in [0.5, 0.6) is 5.75 Å². The maximum absolute atomic E-state index is 12.7. The van der Waals surface area contributed by atoms with Crippen LogP contribution >= 0.6 is 11.5 Å². The van der Waals surface area contributed by atoms with Gasteiger partial charge in [0.15, 0.2) is 0 Å². The number of pyridine rings is 1. The third-order valence-electron chi connectivity index (χ3n) is 5.58. The fraction of sp³-hybridized carbons (Fsp3) is 0.348. The fourth-order valence-corrected chi connectivity index (χ4v) is 4.67. The van der Waals surface area contributed by atoms with E-state index in [1.165, 1.54) is 17.1 Å². The Balaban J connectivity index is 1.53. The highest BCUT2D eigenvalue weighted by atomic mass is 32.1. The molecule has 4 rings (SSSR count). The van der Waals surface area contributed by atoms with Gasteiger partial charge in [-0.1, -0.05) is 12.1 Å². The smallest absolute Gasteiger partial charge is 0.320 e. The molecule has 1 unspecified atom stereocenters. The number of rotatable bonds is 5. The Morgan fingerprint density at radius 3 is 2.65 bits per heavy atom. The Morgan fingerprint density at radius 2 is 1.97 bits per heavy atom. The summed E-state index contributed by atoms with van der Waals surface area (Å²) in [7, 11) is 1.67. The Hall–Kier alpha value is -3.13. The summed E-state index contributed by atoms with van der Waals surface area (Å²) in [5.41, 5.74) is 4.24. The Labute approximate surface area is 186 Å². The number of hydrogen-bond donors (Lipinski definition) is 2. The number of piperidine rings is 1. The quantitative estimate of drug-likeness (QED) is 0.620. The molecule has 8 heteroatoms. The second kappa shape index (κ2) is 9.34. The average Bonchev–Trinajstić information content (AvgIpc) is 3.18. The highest BCUT2D eigenvalue weighted by Gasteiger charge is 2.32. The normalized spacial score (nSPS) is 18.5. The van der Waals surface area contributed by atoms with Gasteiger partial charge in [0.05, 0.1) is 12.8 Å². The summed E-state index contributed by atoms with van der Waals surface area (Å²) in [6.07, 6.45) is 2.69. The number of urea groups is 1. The molecule has 2 atom stereocenters. The van der Waals surface area contributed by atoms with E-state index in [1.807, 2.05) is 44.3 Å². The molecule has 7 nitrogen and oxygen atoms in total. The predicted octanol–water partition coefficient (Wildman–Crippen LogP) is 4.35. The summed E-state index contributed by atoms with van der Waals surface area (Å²) >= 11 is 1.29. The summed E-state index contributed by atoms with van der Waals surface area (Å²) in [6, 6.07) is 14.0. The van der Waals surface area contributed by atoms with E-state index in [2.05, 4.69) is 43.1 Å². The standard InChI is InChI=1S/C23H27N5O2S/c1-15-12-18(8-10-24-15)28-11-9-21(25-23(29)26-22-13-16(2)27-31-22)20(14-28)17-4-6-19(30-3)7-5-17/h4-8,10,12-13,20-21H,9,11,14H2,1-3H3,(H2,25,26,29)/t20?,21-/m1/s1. The number of nitrogens with zero attached hydrogens (tertiary/aromatic N) is 3. The van der Waals surface area contributed by atoms with Gasteiger partial charge in [-0.2, -0.15) is 4.37 Å². The molecule has 0 aliphatic carbocycles. The highest BCUT2D eigenvalue weighted by Crippen LogP contribution is 2.31. The number of aryl methyl sites for hydroxylation is 2. The van der Waals surface area contributed by atoms with E-state index in [-0.39, 0.29) is 18.0 Å². The van der Waals surface area contributed by atoms with Crippen molar-refractivity contribution in [1.29, 1.82) is 0 Å². The van der Waals surface area contributed by atoms with Crippen molar-refractivity contribution in [2.24, 2.45) is 0 Å². The number of hydrogen-bond acceptors (Lipinski definition) is 6. The molecule has 1 aromatic carbocycles. The first kappa shape index (κ1) is 21.1. The molecule has 162 valence electrons. The largest absolute Gasteiger partial charge is 0.497 e. The number of benzene rings is 1. The van der Waals surface area contributed by atoms with Crippen LogP contribution < -0.4 is 20.3 Å². The molecule has 2 N–H and O–H groups in total. The van der Waals surface area contributed by atoms with Crippen LogP contribution in [-0.2, 0) is 0 Å². The van der Waals surface area contributed by atoms with E-state index in [0.717, 1.165) is 47.3 Å². The molecule has 3 heterocycles. The van der Waals surface area contributed by atoms with Crippen molar-refractivity contribution in [3.8, 4) is 5.75 Å². The third-order valence-corrected chi connectivity index (χ3v) is 6.38. The van der Waals surface area contributed by atoms with Crippen LogP contribution in [0.15, 0.2) is 48.7 Å². The first-order chi connectivity index (χ1) is 15.0. The molecule has 2 aromatic heterocycles. The molecule has 0 bridgehead atoms. The van der Waals surface area contributed by atoms with Gasteiger partial charge in [-0.05, 0) is 67.7 Å². The molecule has 1 aliphatic heterocycles. The molecule has 0 radical (unpaired) electrons. The van der Waals surface area contributed by atoms with Crippen LogP contribution in [-0.4, -0.2) is 41.6 Å². The highest BCUT2D eigenvalue weighted by molar-refractivity contribution is 7.10. The summed E-state index contributed by atoms with van der Waals surface area (Å²) in [6.45, 7) is 5.58. The minimum Gasteiger partial charge on any atom is -0.497 e. The SMILES string of the molecule is COc1ccc(C2CN(c3ccnc(C)c3)CC[C@H]2NC(=O)Nc2cc(C)ns2)cc1. The van der Waals surface area contributed by atoms with Gasteiger partial charge < -0.3 is 15.0 Å². The van der Waals surface area contributed by atoms with Gasteiger partial charge in [0.25, 0.3) is 0 Å². The minimum atomic E-state index is -0.194. The van der Waals surface area contributed by atoms with Crippen LogP contribution in [0.1, 0.15) is 29.3 Å². The molecule has 3 aromatic rings. The van der Waals surface area contributed by atoms with Crippen molar-refractivity contribution in [3.63, 3.8) is 0 Å². The molecule has 1 saturated heterocycles. The molecular weight excluding hydrogens is 410 g/mol. The van der Waals surface area contributed by atoms with Gasteiger partial charge in [-0.15, -0.1) is 0 Å². The van der Waals surface area contributed by atoms with Gasteiger partial charge in [-0.3, -0.25) is 10.3 Å². The lowest BCUT2D eigenvalue weighted by atomic mass is 9.85. The lowest BCUT2D eigenvalue weighted by molar-refractivity contribution is 0.243. The number of amides is 2. The van der Waals surface area contributed by atoms with Crippen LogP contribution in [0.2, 0.25) is 0 Å². The second-order valence-electron chi connectivity index (χ2n) is 7.81. The van der Waals surface area contributed by atoms with E-state index < -0.39 is 0 Å². The van der Waals surface area contributed by atoms with E-state index in [9.17, 15) is 4.79 Å². The van der Waals surface area contributed by atoms with Crippen molar-refractivity contribution in [2.45, 2.75) is 32.2 Å². The predicted molar refractivity (Wildman–Crippen MR) is 124 cm³/mol. The number of anilines is 2. The number of aromatic nitrogens is 2. The number of methoxy groups -OCH3 is 1. The van der Waals surface area contributed by atoms with Crippen molar-refractivity contribution in [3.05, 3.63) is 65.6 Å². The van der Waals surface area contributed by atoms with Crippen LogP contribution in [0.4, 0.5) is 15.5 Å². The van der Waals surface area contributed by atoms with Crippen molar-refractivity contribution < 1.29 is 9.53 Å². The zero-order chi connectivity index (χ0) is 21.8. The first-order valence-corrected chi connectivity index (χ1v) is 11.1. The second-order valence-corrected chi connectivity index (χ2v) is 8.61. The monoisotopic (exact) mass is 437 g/mol. The fourth-order valence-electron chi connectivity index (χ4n) is 4.01. The van der Waals surface area contributed by atoms with Crippen molar-refractivity contribution >= 4 is 28.3 Å². The van der Waals surface area contributed by atoms with Crippen molar-refractivity contribution in [1.82, 2.24) is 14.7 Å². The van der Waals surface area contributed by atoms with Gasteiger partial charge in [0.2, 0.25) is 0 Å². The maximum atomic E-state index is 12.7. The molecule has 1 fully saturated rings. The number of nitrogens with one attached hydrogen (secondary N) is 2. The van der Waals surface area contributed by atoms with Gasteiger partial charge in [-0.25, -0.2) is 4.79 Å². The lowest BCUT2D eigenvalue weighted by Crippen LogP contribution is -2.50. The number of ether oxygens (including phenoxy) is 1. The summed E-state index contributed by atoms with van der Waals surface area (Å²) < 4.78 is 9.54. The summed E-state index contributed by atoms with van der Waals surface area (Å²) in [5, 5.41) is 6.86.